The SMILES string of the molecule is Cc1ccc(NC(=O)C(=Cc2ccc(N(C)C)cc2)NC(=O)c2ccccc2Br)cc1Cl. The summed E-state index contributed by atoms with van der Waals surface area (Å²) >= 11 is 9.56. The first-order valence-electron chi connectivity index (χ1n) is 9.87. The Hall–Kier alpha value is -3.09. The van der Waals surface area contributed by atoms with Crippen molar-refractivity contribution >= 4 is 56.8 Å². The highest BCUT2D eigenvalue weighted by molar-refractivity contribution is 9.10. The van der Waals surface area contributed by atoms with Crippen molar-refractivity contribution in [1.29, 1.82) is 0 Å². The largest absolute Gasteiger partial charge is 0.378 e. The van der Waals surface area contributed by atoms with Crippen LogP contribution in [-0.2, 0) is 4.79 Å². The first-order valence-corrected chi connectivity index (χ1v) is 11.0. The van der Waals surface area contributed by atoms with Crippen LogP contribution in [0, 0.1) is 6.92 Å². The van der Waals surface area contributed by atoms with E-state index in [1.807, 2.05) is 62.3 Å². The molecule has 0 heterocycles. The van der Waals surface area contributed by atoms with Crippen molar-refractivity contribution < 1.29 is 9.59 Å². The summed E-state index contributed by atoms with van der Waals surface area (Å²) in [7, 11) is 3.91. The molecular weight excluding hydrogens is 490 g/mol. The Morgan fingerprint density at radius 2 is 1.69 bits per heavy atom. The van der Waals surface area contributed by atoms with Crippen LogP contribution in [0.15, 0.2) is 76.9 Å². The lowest BCUT2D eigenvalue weighted by Gasteiger charge is -2.14. The highest BCUT2D eigenvalue weighted by Gasteiger charge is 2.17. The molecule has 0 saturated heterocycles. The lowest BCUT2D eigenvalue weighted by Crippen LogP contribution is -2.31. The van der Waals surface area contributed by atoms with Crippen LogP contribution in [0.4, 0.5) is 11.4 Å². The molecule has 3 rings (SSSR count). The van der Waals surface area contributed by atoms with Crippen LogP contribution in [0.5, 0.6) is 0 Å². The van der Waals surface area contributed by atoms with E-state index in [1.165, 1.54) is 0 Å². The average Bonchev–Trinajstić information content (AvgIpc) is 2.76. The Morgan fingerprint density at radius 3 is 2.31 bits per heavy atom. The Labute approximate surface area is 201 Å². The summed E-state index contributed by atoms with van der Waals surface area (Å²) < 4.78 is 0.637. The van der Waals surface area contributed by atoms with Crippen molar-refractivity contribution in [2.75, 3.05) is 24.3 Å². The quantitative estimate of drug-likeness (QED) is 0.405. The maximum absolute atomic E-state index is 13.1. The van der Waals surface area contributed by atoms with Gasteiger partial charge in [-0.05, 0) is 76.5 Å². The molecule has 0 spiro atoms. The molecule has 0 aliphatic carbocycles. The number of aryl methyl sites for hydroxylation is 1. The van der Waals surface area contributed by atoms with Crippen LogP contribution in [0.2, 0.25) is 5.02 Å². The van der Waals surface area contributed by atoms with Gasteiger partial charge in [-0.1, -0.05) is 41.9 Å². The van der Waals surface area contributed by atoms with Gasteiger partial charge in [0.15, 0.2) is 0 Å². The smallest absolute Gasteiger partial charge is 0.272 e. The molecular formula is C25H23BrClN3O2. The number of nitrogens with one attached hydrogen (secondary N) is 2. The van der Waals surface area contributed by atoms with E-state index in [2.05, 4.69) is 26.6 Å². The second-order valence-corrected chi connectivity index (χ2v) is 8.66. The molecule has 164 valence electrons. The predicted octanol–water partition coefficient (Wildman–Crippen LogP) is 5.89. The van der Waals surface area contributed by atoms with Crippen LogP contribution in [-0.4, -0.2) is 25.9 Å². The first-order chi connectivity index (χ1) is 15.2. The van der Waals surface area contributed by atoms with Gasteiger partial charge in [-0.3, -0.25) is 9.59 Å². The number of anilines is 2. The Bertz CT molecular complexity index is 1170. The maximum atomic E-state index is 13.1. The number of carbonyl (C=O) groups excluding carboxylic acids is 2. The summed E-state index contributed by atoms with van der Waals surface area (Å²) in [5, 5.41) is 6.09. The summed E-state index contributed by atoms with van der Waals surface area (Å²) in [6.07, 6.45) is 1.64. The molecule has 3 aromatic rings. The molecule has 0 aliphatic heterocycles. The van der Waals surface area contributed by atoms with Crippen LogP contribution >= 0.6 is 27.5 Å². The minimum Gasteiger partial charge on any atom is -0.378 e. The second-order valence-electron chi connectivity index (χ2n) is 7.40. The molecule has 0 saturated carbocycles. The zero-order chi connectivity index (χ0) is 23.3. The molecule has 0 fully saturated rings. The van der Waals surface area contributed by atoms with E-state index in [1.54, 1.807) is 36.4 Å². The molecule has 0 radical (unpaired) electrons. The lowest BCUT2D eigenvalue weighted by molar-refractivity contribution is -0.113. The van der Waals surface area contributed by atoms with E-state index in [4.69, 9.17) is 11.6 Å². The van der Waals surface area contributed by atoms with Gasteiger partial charge in [-0.15, -0.1) is 0 Å². The van der Waals surface area contributed by atoms with E-state index in [-0.39, 0.29) is 5.70 Å². The van der Waals surface area contributed by atoms with Crippen molar-refractivity contribution in [2.45, 2.75) is 6.92 Å². The molecule has 5 nitrogen and oxygen atoms in total. The highest BCUT2D eigenvalue weighted by Crippen LogP contribution is 2.21. The van der Waals surface area contributed by atoms with Crippen molar-refractivity contribution in [3.05, 3.63) is 98.6 Å². The summed E-state index contributed by atoms with van der Waals surface area (Å²) in [5.74, 6) is -0.854. The van der Waals surface area contributed by atoms with Gasteiger partial charge in [-0.2, -0.15) is 0 Å². The molecule has 3 aromatic carbocycles. The molecule has 0 aromatic heterocycles. The van der Waals surface area contributed by atoms with Crippen LogP contribution in [0.1, 0.15) is 21.5 Å². The number of rotatable bonds is 6. The molecule has 0 aliphatic rings. The van der Waals surface area contributed by atoms with Gasteiger partial charge < -0.3 is 15.5 Å². The summed E-state index contributed by atoms with van der Waals surface area (Å²) in [6.45, 7) is 1.88. The van der Waals surface area contributed by atoms with E-state index < -0.39 is 11.8 Å². The Balaban J connectivity index is 1.92. The van der Waals surface area contributed by atoms with E-state index >= 15 is 0 Å². The molecule has 0 unspecified atom stereocenters. The summed E-state index contributed by atoms with van der Waals surface area (Å²) in [6, 6.07) is 19.9. The average molecular weight is 513 g/mol. The van der Waals surface area contributed by atoms with E-state index in [0.717, 1.165) is 16.8 Å². The third-order valence-corrected chi connectivity index (χ3v) is 5.86. The topological polar surface area (TPSA) is 61.4 Å². The fourth-order valence-corrected chi connectivity index (χ4v) is 3.54. The van der Waals surface area contributed by atoms with E-state index in [0.29, 0.717) is 20.7 Å². The minimum atomic E-state index is -0.456. The van der Waals surface area contributed by atoms with Crippen molar-refractivity contribution in [1.82, 2.24) is 5.32 Å². The lowest BCUT2D eigenvalue weighted by atomic mass is 10.1. The van der Waals surface area contributed by atoms with Gasteiger partial charge >= 0.3 is 0 Å². The van der Waals surface area contributed by atoms with Crippen molar-refractivity contribution in [3.63, 3.8) is 0 Å². The van der Waals surface area contributed by atoms with Crippen LogP contribution in [0.3, 0.4) is 0 Å². The van der Waals surface area contributed by atoms with Gasteiger partial charge in [0.05, 0.1) is 5.56 Å². The molecule has 32 heavy (non-hydrogen) atoms. The second kappa shape index (κ2) is 10.5. The third kappa shape index (κ3) is 5.99. The van der Waals surface area contributed by atoms with E-state index in [9.17, 15) is 9.59 Å². The molecule has 7 heteroatoms. The fraction of sp³-hybridized carbons (Fsp3) is 0.120. The summed E-state index contributed by atoms with van der Waals surface area (Å²) in [5.41, 5.74) is 3.78. The highest BCUT2D eigenvalue weighted by atomic mass is 79.9. The fourth-order valence-electron chi connectivity index (χ4n) is 2.90. The maximum Gasteiger partial charge on any atom is 0.272 e. The van der Waals surface area contributed by atoms with Gasteiger partial charge in [0.25, 0.3) is 11.8 Å². The number of benzene rings is 3. The van der Waals surface area contributed by atoms with Gasteiger partial charge in [0.2, 0.25) is 0 Å². The number of nitrogens with zero attached hydrogens (tertiary/aromatic N) is 1. The summed E-state index contributed by atoms with van der Waals surface area (Å²) in [4.78, 5) is 27.9. The normalized spacial score (nSPS) is 11.1. The molecule has 0 bridgehead atoms. The number of halogens is 2. The predicted molar refractivity (Wildman–Crippen MR) is 135 cm³/mol. The number of amides is 2. The Morgan fingerprint density at radius 1 is 1.00 bits per heavy atom. The first kappa shape index (κ1) is 23.6. The monoisotopic (exact) mass is 511 g/mol. The van der Waals surface area contributed by atoms with Crippen molar-refractivity contribution in [2.24, 2.45) is 0 Å². The van der Waals surface area contributed by atoms with Crippen LogP contribution in [0.25, 0.3) is 6.08 Å². The molecule has 2 N–H and O–H groups in total. The van der Waals surface area contributed by atoms with Gasteiger partial charge in [0.1, 0.15) is 5.70 Å². The number of carbonyl (C=O) groups is 2. The standard InChI is InChI=1S/C25H23BrClN3O2/c1-16-8-11-18(15-22(16)27)28-25(32)23(14-17-9-12-19(13-10-17)30(2)3)29-24(31)20-6-4-5-7-21(20)26/h4-15H,1-3H3,(H,28,32)(H,29,31). The Kier molecular flexibility index (Phi) is 7.72. The zero-order valence-corrected chi connectivity index (χ0v) is 20.3. The van der Waals surface area contributed by atoms with Gasteiger partial charge in [-0.25, -0.2) is 0 Å². The molecule has 0 atom stereocenters. The number of hydrogen-bond donors (Lipinski definition) is 2. The zero-order valence-electron chi connectivity index (χ0n) is 17.9. The number of hydrogen-bond acceptors (Lipinski definition) is 3. The minimum absolute atomic E-state index is 0.111. The van der Waals surface area contributed by atoms with Crippen molar-refractivity contribution in [3.8, 4) is 0 Å². The third-order valence-electron chi connectivity index (χ3n) is 4.76. The molecule has 2 amide bonds. The van der Waals surface area contributed by atoms with Crippen LogP contribution < -0.4 is 15.5 Å². The van der Waals surface area contributed by atoms with Gasteiger partial charge in [0, 0.05) is 35.0 Å².